The molecule has 0 spiro atoms. The topological polar surface area (TPSA) is 55.6 Å². The molecule has 1 unspecified atom stereocenters. The van der Waals surface area contributed by atoms with Gasteiger partial charge >= 0.3 is 6.09 Å². The average Bonchev–Trinajstić information content (AvgIpc) is 2.34. The van der Waals surface area contributed by atoms with Crippen molar-refractivity contribution in [2.75, 3.05) is 13.6 Å². The van der Waals surface area contributed by atoms with Crippen LogP contribution in [0.3, 0.4) is 0 Å². The first-order chi connectivity index (χ1) is 8.83. The van der Waals surface area contributed by atoms with E-state index in [1.807, 2.05) is 20.8 Å². The second kappa shape index (κ2) is 7.13. The first kappa shape index (κ1) is 16.3. The smallest absolute Gasteiger partial charge is 0.410 e. The molecule has 0 aromatic heterocycles. The molecule has 1 aliphatic carbocycles. The van der Waals surface area contributed by atoms with Crippen molar-refractivity contribution >= 4 is 6.09 Å². The summed E-state index contributed by atoms with van der Waals surface area (Å²) in [5.74, 6) is 0.715. The van der Waals surface area contributed by atoms with Crippen molar-refractivity contribution in [3.8, 4) is 0 Å². The summed E-state index contributed by atoms with van der Waals surface area (Å²) in [6.07, 6.45) is 7.28. The molecular weight excluding hydrogens is 240 g/mol. The second-order valence-electron chi connectivity index (χ2n) is 6.72. The average molecular weight is 270 g/mol. The summed E-state index contributed by atoms with van der Waals surface area (Å²) >= 11 is 0. The number of nitrogens with zero attached hydrogens (tertiary/aromatic N) is 1. The Bertz CT molecular complexity index is 280. The van der Waals surface area contributed by atoms with Crippen molar-refractivity contribution in [3.63, 3.8) is 0 Å². The molecule has 0 aromatic carbocycles. The molecule has 19 heavy (non-hydrogen) atoms. The molecule has 0 radical (unpaired) electrons. The summed E-state index contributed by atoms with van der Waals surface area (Å²) in [7, 11) is 1.80. The molecule has 4 nitrogen and oxygen atoms in total. The van der Waals surface area contributed by atoms with Gasteiger partial charge in [-0.1, -0.05) is 32.1 Å². The minimum atomic E-state index is -0.449. The lowest BCUT2D eigenvalue weighted by Crippen LogP contribution is -2.45. The molecule has 4 heteroatoms. The lowest BCUT2D eigenvalue weighted by molar-refractivity contribution is 0.0202. The summed E-state index contributed by atoms with van der Waals surface area (Å²) < 4.78 is 5.40. The van der Waals surface area contributed by atoms with Gasteiger partial charge in [0, 0.05) is 19.6 Å². The maximum absolute atomic E-state index is 12.0. The molecule has 1 rings (SSSR count). The first-order valence-corrected chi connectivity index (χ1v) is 7.49. The van der Waals surface area contributed by atoms with Gasteiger partial charge in [-0.05, 0) is 33.1 Å². The Morgan fingerprint density at radius 1 is 1.32 bits per heavy atom. The molecule has 0 heterocycles. The lowest BCUT2D eigenvalue weighted by Gasteiger charge is -2.33. The van der Waals surface area contributed by atoms with Gasteiger partial charge < -0.3 is 15.4 Å². The van der Waals surface area contributed by atoms with Crippen LogP contribution < -0.4 is 5.73 Å². The van der Waals surface area contributed by atoms with E-state index in [1.165, 1.54) is 32.1 Å². The van der Waals surface area contributed by atoms with Crippen molar-refractivity contribution in [1.29, 1.82) is 0 Å². The fourth-order valence-corrected chi connectivity index (χ4v) is 2.70. The van der Waals surface area contributed by atoms with Crippen LogP contribution in [0.2, 0.25) is 0 Å². The molecule has 0 bridgehead atoms. The summed E-state index contributed by atoms with van der Waals surface area (Å²) in [5.41, 5.74) is 5.39. The number of carbonyl (C=O) groups is 1. The van der Waals surface area contributed by atoms with E-state index in [9.17, 15) is 4.79 Å². The predicted octanol–water partition coefficient (Wildman–Crippen LogP) is 3.15. The minimum Gasteiger partial charge on any atom is -0.444 e. The fourth-order valence-electron chi connectivity index (χ4n) is 2.70. The van der Waals surface area contributed by atoms with Gasteiger partial charge in [0.15, 0.2) is 0 Å². The Morgan fingerprint density at radius 2 is 1.89 bits per heavy atom. The highest BCUT2D eigenvalue weighted by atomic mass is 16.6. The largest absolute Gasteiger partial charge is 0.444 e. The standard InChI is InChI=1S/C15H30N2O2/c1-15(2,3)19-14(18)17(4)13(11-16)10-12-8-6-5-7-9-12/h12-13H,5-11,16H2,1-4H3. The van der Waals surface area contributed by atoms with E-state index in [-0.39, 0.29) is 12.1 Å². The van der Waals surface area contributed by atoms with E-state index in [4.69, 9.17) is 10.5 Å². The summed E-state index contributed by atoms with van der Waals surface area (Å²) in [6.45, 7) is 6.16. The van der Waals surface area contributed by atoms with Crippen LogP contribution in [0, 0.1) is 5.92 Å². The monoisotopic (exact) mass is 270 g/mol. The van der Waals surface area contributed by atoms with Gasteiger partial charge in [-0.25, -0.2) is 4.79 Å². The minimum absolute atomic E-state index is 0.0953. The number of rotatable bonds is 4. The summed E-state index contributed by atoms with van der Waals surface area (Å²) in [6, 6.07) is 0.0953. The number of carbonyl (C=O) groups excluding carboxylic acids is 1. The summed E-state index contributed by atoms with van der Waals surface area (Å²) in [5, 5.41) is 0. The van der Waals surface area contributed by atoms with Crippen LogP contribution >= 0.6 is 0 Å². The predicted molar refractivity (Wildman–Crippen MR) is 78.0 cm³/mol. The Hall–Kier alpha value is -0.770. The molecule has 2 N–H and O–H groups in total. The van der Waals surface area contributed by atoms with Crippen LogP contribution in [0.5, 0.6) is 0 Å². The molecule has 1 atom stereocenters. The van der Waals surface area contributed by atoms with E-state index in [0.29, 0.717) is 12.5 Å². The highest BCUT2D eigenvalue weighted by molar-refractivity contribution is 5.68. The quantitative estimate of drug-likeness (QED) is 0.853. The highest BCUT2D eigenvalue weighted by Crippen LogP contribution is 2.28. The number of nitrogens with two attached hydrogens (primary N) is 1. The van der Waals surface area contributed by atoms with E-state index >= 15 is 0 Å². The molecular formula is C15H30N2O2. The van der Waals surface area contributed by atoms with E-state index in [1.54, 1.807) is 11.9 Å². The molecule has 0 saturated heterocycles. The third-order valence-electron chi connectivity index (χ3n) is 3.83. The zero-order valence-electron chi connectivity index (χ0n) is 12.9. The van der Waals surface area contributed by atoms with Gasteiger partial charge in [0.05, 0.1) is 0 Å². The third-order valence-corrected chi connectivity index (χ3v) is 3.83. The van der Waals surface area contributed by atoms with Crippen molar-refractivity contribution < 1.29 is 9.53 Å². The Balaban J connectivity index is 2.50. The van der Waals surface area contributed by atoms with Crippen molar-refractivity contribution in [1.82, 2.24) is 4.90 Å². The lowest BCUT2D eigenvalue weighted by atomic mass is 9.84. The Kier molecular flexibility index (Phi) is 6.11. The number of hydrogen-bond donors (Lipinski definition) is 1. The van der Waals surface area contributed by atoms with Crippen molar-refractivity contribution in [2.45, 2.75) is 70.9 Å². The van der Waals surface area contributed by atoms with Gasteiger partial charge in [0.1, 0.15) is 5.60 Å². The SMILES string of the molecule is CN(C(=O)OC(C)(C)C)C(CN)CC1CCCCC1. The zero-order chi connectivity index (χ0) is 14.5. The Morgan fingerprint density at radius 3 is 2.37 bits per heavy atom. The van der Waals surface area contributed by atoms with E-state index in [0.717, 1.165) is 6.42 Å². The van der Waals surface area contributed by atoms with Gasteiger partial charge in [0.25, 0.3) is 0 Å². The van der Waals surface area contributed by atoms with Crippen LogP contribution in [0.15, 0.2) is 0 Å². The van der Waals surface area contributed by atoms with Crippen molar-refractivity contribution in [3.05, 3.63) is 0 Å². The van der Waals surface area contributed by atoms with Gasteiger partial charge in [0.2, 0.25) is 0 Å². The number of amides is 1. The maximum Gasteiger partial charge on any atom is 0.410 e. The molecule has 1 saturated carbocycles. The van der Waals surface area contributed by atoms with Gasteiger partial charge in [-0.3, -0.25) is 0 Å². The van der Waals surface area contributed by atoms with Crippen LogP contribution in [0.25, 0.3) is 0 Å². The maximum atomic E-state index is 12.0. The van der Waals surface area contributed by atoms with Gasteiger partial charge in [-0.15, -0.1) is 0 Å². The molecule has 1 amide bonds. The van der Waals surface area contributed by atoms with Crippen LogP contribution in [0.1, 0.15) is 59.3 Å². The van der Waals surface area contributed by atoms with Gasteiger partial charge in [-0.2, -0.15) is 0 Å². The molecule has 0 aliphatic heterocycles. The fraction of sp³-hybridized carbons (Fsp3) is 0.933. The van der Waals surface area contributed by atoms with Crippen molar-refractivity contribution in [2.24, 2.45) is 11.7 Å². The Labute approximate surface area is 117 Å². The highest BCUT2D eigenvalue weighted by Gasteiger charge is 2.27. The first-order valence-electron chi connectivity index (χ1n) is 7.49. The van der Waals surface area contributed by atoms with Crippen LogP contribution in [-0.2, 0) is 4.74 Å². The number of ether oxygens (including phenoxy) is 1. The number of hydrogen-bond acceptors (Lipinski definition) is 3. The molecule has 1 fully saturated rings. The van der Waals surface area contributed by atoms with Crippen LogP contribution in [-0.4, -0.2) is 36.2 Å². The van der Waals surface area contributed by atoms with E-state index < -0.39 is 5.60 Å². The molecule has 1 aliphatic rings. The molecule has 112 valence electrons. The van der Waals surface area contributed by atoms with Crippen LogP contribution in [0.4, 0.5) is 4.79 Å². The summed E-state index contributed by atoms with van der Waals surface area (Å²) in [4.78, 5) is 13.7. The second-order valence-corrected chi connectivity index (χ2v) is 6.72. The van der Waals surface area contributed by atoms with E-state index in [2.05, 4.69) is 0 Å². The third kappa shape index (κ3) is 5.81. The number of likely N-dealkylation sites (N-methyl/N-ethyl adjacent to an activating group) is 1. The zero-order valence-corrected chi connectivity index (χ0v) is 12.9. The normalized spacial score (nSPS) is 19.0. The molecule has 0 aromatic rings.